The molecular weight excluding hydrogens is 478 g/mol. The normalized spacial score (nSPS) is 23.5. The molecule has 4 bridgehead atoms. The molecule has 1 fully saturated rings. The zero-order valence-electron chi connectivity index (χ0n) is 21.5. The van der Waals surface area contributed by atoms with Crippen molar-refractivity contribution >= 4 is 33.9 Å². The Morgan fingerprint density at radius 3 is 2.58 bits per heavy atom. The second kappa shape index (κ2) is 9.46. The van der Waals surface area contributed by atoms with Crippen LogP contribution < -0.4 is 14.9 Å². The summed E-state index contributed by atoms with van der Waals surface area (Å²) >= 11 is 0. The average molecular weight is 514 g/mol. The van der Waals surface area contributed by atoms with Crippen LogP contribution in [-0.4, -0.2) is 48.7 Å². The minimum atomic E-state index is -4.25. The Labute approximate surface area is 213 Å². The molecular formula is C26H35N5O4S. The van der Waals surface area contributed by atoms with E-state index in [0.717, 1.165) is 31.2 Å². The average Bonchev–Trinajstić information content (AvgIpc) is 3.10. The summed E-state index contributed by atoms with van der Waals surface area (Å²) in [6.45, 7) is 11.1. The van der Waals surface area contributed by atoms with Crippen molar-refractivity contribution in [3.8, 4) is 0 Å². The van der Waals surface area contributed by atoms with E-state index in [9.17, 15) is 18.0 Å². The smallest absolute Gasteiger partial charge is 0.281 e. The van der Waals surface area contributed by atoms with Gasteiger partial charge in [-0.25, -0.2) is 14.7 Å². The van der Waals surface area contributed by atoms with E-state index < -0.39 is 15.9 Å². The summed E-state index contributed by atoms with van der Waals surface area (Å²) in [7, 11) is -4.25. The molecule has 0 saturated carbocycles. The molecule has 2 aromatic heterocycles. The molecule has 0 aromatic carbocycles. The third-order valence-electron chi connectivity index (χ3n) is 6.99. The molecule has 2 aliphatic rings. The molecule has 36 heavy (non-hydrogen) atoms. The minimum absolute atomic E-state index is 0.178. The first-order chi connectivity index (χ1) is 16.8. The van der Waals surface area contributed by atoms with Crippen LogP contribution in [0.15, 0.2) is 35.4 Å². The summed E-state index contributed by atoms with van der Waals surface area (Å²) in [5, 5.41) is 2.94. The highest BCUT2D eigenvalue weighted by atomic mass is 32.2. The standard InChI is InChI=1S/C26H35N5O4S/c1-25(2,3)20-12-11-19-23(28-20)31-16-17(15-26(31,4)5)9-10-18(13-14-32)27-21-7-6-8-22(29-21)36(34,35)30-24(19)33/h6-8,11-12,14,17-18H,9-10,13,15-16H2,1-5H3,(H,27,29)(H,30,33)/t17-,18?/m0/s1. The van der Waals surface area contributed by atoms with Gasteiger partial charge in [0.1, 0.15) is 17.9 Å². The molecule has 4 rings (SSSR count). The quantitative estimate of drug-likeness (QED) is 0.584. The second-order valence-electron chi connectivity index (χ2n) is 11.4. The first-order valence-electron chi connectivity index (χ1n) is 12.3. The predicted octanol–water partition coefficient (Wildman–Crippen LogP) is 3.66. The van der Waals surface area contributed by atoms with Gasteiger partial charge in [0.15, 0.2) is 5.03 Å². The molecule has 0 radical (unpaired) electrons. The van der Waals surface area contributed by atoms with E-state index in [1.165, 1.54) is 6.07 Å². The molecule has 2 aromatic rings. The topological polar surface area (TPSA) is 121 Å². The van der Waals surface area contributed by atoms with Crippen molar-refractivity contribution < 1.29 is 18.0 Å². The van der Waals surface area contributed by atoms with Crippen LogP contribution in [0.5, 0.6) is 0 Å². The van der Waals surface area contributed by atoms with E-state index in [-0.39, 0.29) is 34.0 Å². The number of anilines is 2. The summed E-state index contributed by atoms with van der Waals surface area (Å²) in [5.41, 5.74) is 0.483. The van der Waals surface area contributed by atoms with Gasteiger partial charge in [-0.1, -0.05) is 26.8 Å². The van der Waals surface area contributed by atoms with Gasteiger partial charge in [0.05, 0.1) is 5.56 Å². The SMILES string of the molecule is CC(C)(C)c1ccc2c(n1)N1C[C@@H](CCC(CC=O)Nc3cccc(n3)S(=O)(=O)NC2=O)CC1(C)C. The van der Waals surface area contributed by atoms with Crippen molar-refractivity contribution in [1.29, 1.82) is 0 Å². The van der Waals surface area contributed by atoms with Gasteiger partial charge in [0, 0.05) is 35.7 Å². The largest absolute Gasteiger partial charge is 0.367 e. The number of aldehydes is 1. The van der Waals surface area contributed by atoms with Crippen molar-refractivity contribution in [3.63, 3.8) is 0 Å². The van der Waals surface area contributed by atoms with Gasteiger partial charge in [-0.15, -0.1) is 0 Å². The van der Waals surface area contributed by atoms with Gasteiger partial charge in [-0.05, 0) is 63.3 Å². The van der Waals surface area contributed by atoms with Crippen LogP contribution in [0.1, 0.15) is 76.4 Å². The molecule has 10 heteroatoms. The predicted molar refractivity (Wildman–Crippen MR) is 139 cm³/mol. The molecule has 2 atom stereocenters. The molecule has 2 N–H and O–H groups in total. The molecule has 2 aliphatic heterocycles. The van der Waals surface area contributed by atoms with Crippen molar-refractivity contribution in [3.05, 3.63) is 41.6 Å². The van der Waals surface area contributed by atoms with Gasteiger partial charge in [-0.3, -0.25) is 4.79 Å². The zero-order chi connectivity index (χ0) is 26.3. The highest BCUT2D eigenvalue weighted by molar-refractivity contribution is 7.90. The monoisotopic (exact) mass is 513 g/mol. The Bertz CT molecular complexity index is 1270. The highest BCUT2D eigenvalue weighted by Gasteiger charge is 2.41. The number of amides is 1. The van der Waals surface area contributed by atoms with Crippen LogP contribution in [0.3, 0.4) is 0 Å². The number of pyridine rings is 2. The number of hydrogen-bond acceptors (Lipinski definition) is 8. The van der Waals surface area contributed by atoms with Crippen LogP contribution in [0, 0.1) is 5.92 Å². The van der Waals surface area contributed by atoms with E-state index >= 15 is 0 Å². The lowest BCUT2D eigenvalue weighted by Gasteiger charge is -2.34. The molecule has 1 amide bonds. The van der Waals surface area contributed by atoms with E-state index in [1.54, 1.807) is 24.3 Å². The van der Waals surface area contributed by atoms with Crippen LogP contribution in [-0.2, 0) is 20.2 Å². The van der Waals surface area contributed by atoms with Crippen molar-refractivity contribution in [2.75, 3.05) is 16.8 Å². The number of carbonyl (C=O) groups is 2. The molecule has 4 heterocycles. The minimum Gasteiger partial charge on any atom is -0.367 e. The molecule has 9 nitrogen and oxygen atoms in total. The van der Waals surface area contributed by atoms with E-state index in [0.29, 0.717) is 24.1 Å². The molecule has 1 saturated heterocycles. The molecule has 194 valence electrons. The van der Waals surface area contributed by atoms with Crippen LogP contribution in [0.2, 0.25) is 0 Å². The van der Waals surface area contributed by atoms with Gasteiger partial charge in [0.25, 0.3) is 15.9 Å². The maximum absolute atomic E-state index is 13.4. The first kappa shape index (κ1) is 26.1. The Morgan fingerprint density at radius 1 is 1.14 bits per heavy atom. The number of nitrogens with one attached hydrogen (secondary N) is 2. The zero-order valence-corrected chi connectivity index (χ0v) is 22.4. The van der Waals surface area contributed by atoms with E-state index in [1.807, 2.05) is 0 Å². The summed E-state index contributed by atoms with van der Waals surface area (Å²) < 4.78 is 28.5. The Kier molecular flexibility index (Phi) is 6.85. The lowest BCUT2D eigenvalue weighted by molar-refractivity contribution is -0.108. The van der Waals surface area contributed by atoms with Crippen LogP contribution in [0.25, 0.3) is 0 Å². The third-order valence-corrected chi connectivity index (χ3v) is 8.22. The van der Waals surface area contributed by atoms with E-state index in [2.05, 4.69) is 54.5 Å². The number of aromatic nitrogens is 2. The number of carbonyl (C=O) groups excluding carboxylic acids is 2. The highest BCUT2D eigenvalue weighted by Crippen LogP contribution is 2.40. The summed E-state index contributed by atoms with van der Waals surface area (Å²) in [5.74, 6) is 0.408. The second-order valence-corrected chi connectivity index (χ2v) is 13.1. The fraction of sp³-hybridized carbons (Fsp3) is 0.538. The Balaban J connectivity index is 1.85. The van der Waals surface area contributed by atoms with Crippen molar-refractivity contribution in [2.24, 2.45) is 5.92 Å². The lowest BCUT2D eigenvalue weighted by atomic mass is 9.90. The maximum Gasteiger partial charge on any atom is 0.281 e. The molecule has 0 spiro atoms. The number of nitrogens with zero attached hydrogens (tertiary/aromatic N) is 3. The summed E-state index contributed by atoms with van der Waals surface area (Å²) in [4.78, 5) is 36.0. The fourth-order valence-electron chi connectivity index (χ4n) is 5.09. The Morgan fingerprint density at radius 2 is 1.89 bits per heavy atom. The van der Waals surface area contributed by atoms with Crippen LogP contribution >= 0.6 is 0 Å². The fourth-order valence-corrected chi connectivity index (χ4v) is 6.02. The molecule has 0 aliphatic carbocycles. The first-order valence-corrected chi connectivity index (χ1v) is 13.8. The number of sulfonamides is 1. The number of rotatable bonds is 2. The number of hydrogen-bond donors (Lipinski definition) is 2. The van der Waals surface area contributed by atoms with Crippen molar-refractivity contribution in [2.45, 2.75) is 82.3 Å². The Hall–Kier alpha value is -3.01. The number of fused-ring (bicyclic) bond motifs is 6. The summed E-state index contributed by atoms with van der Waals surface area (Å²) in [6.07, 6.45) is 3.63. The molecule has 1 unspecified atom stereocenters. The van der Waals surface area contributed by atoms with Gasteiger partial charge < -0.3 is 15.0 Å². The maximum atomic E-state index is 13.4. The van der Waals surface area contributed by atoms with Crippen molar-refractivity contribution in [1.82, 2.24) is 14.7 Å². The summed E-state index contributed by atoms with van der Waals surface area (Å²) in [6, 6.07) is 7.83. The van der Waals surface area contributed by atoms with Gasteiger partial charge in [0.2, 0.25) is 0 Å². The van der Waals surface area contributed by atoms with Gasteiger partial charge >= 0.3 is 0 Å². The van der Waals surface area contributed by atoms with Gasteiger partial charge in [-0.2, -0.15) is 8.42 Å². The van der Waals surface area contributed by atoms with E-state index in [4.69, 9.17) is 4.98 Å². The third kappa shape index (κ3) is 5.38. The van der Waals surface area contributed by atoms with Crippen LogP contribution in [0.4, 0.5) is 11.6 Å². The lowest BCUT2D eigenvalue weighted by Crippen LogP contribution is -2.41.